The third kappa shape index (κ3) is 9.82. The zero-order chi connectivity index (χ0) is 23.9. The predicted molar refractivity (Wildman–Crippen MR) is 129 cm³/mol. The van der Waals surface area contributed by atoms with Crippen molar-refractivity contribution in [2.24, 2.45) is 11.8 Å². The van der Waals surface area contributed by atoms with E-state index in [9.17, 15) is 0 Å². The zero-order valence-corrected chi connectivity index (χ0v) is 20.1. The first-order valence-corrected chi connectivity index (χ1v) is 12.4. The predicted octanol–water partition coefficient (Wildman–Crippen LogP) is 3.89. The highest BCUT2D eigenvalue weighted by Gasteiger charge is 2.30. The summed E-state index contributed by atoms with van der Waals surface area (Å²) < 4.78 is 5.95. The quantitative estimate of drug-likeness (QED) is 0.642. The highest BCUT2D eigenvalue weighted by atomic mass is 16.5. The molecule has 0 aliphatic carbocycles. The lowest BCUT2D eigenvalue weighted by Crippen LogP contribution is -2.43. The number of hydrogen-bond donors (Lipinski definition) is 2. The standard InChI is InChI=1S/C24H38N2O.2CH2O2/c1-20-6-2-3-7-23(20)18-25-13-9-21(10-14-25)22-11-15-26(16-12-22)19-24-8-4-5-17-27-24;2*2-1-3/h2-3,6-7,21-22,24H,4-5,8-19H2,1H3;2*1H,(H,2,3). The van der Waals surface area contributed by atoms with Crippen molar-refractivity contribution in [2.75, 3.05) is 39.3 Å². The summed E-state index contributed by atoms with van der Waals surface area (Å²) >= 11 is 0. The van der Waals surface area contributed by atoms with Gasteiger partial charge < -0.3 is 19.8 Å². The van der Waals surface area contributed by atoms with Crippen molar-refractivity contribution in [3.63, 3.8) is 0 Å². The molecule has 0 saturated carbocycles. The van der Waals surface area contributed by atoms with Crippen molar-refractivity contribution in [1.82, 2.24) is 9.80 Å². The van der Waals surface area contributed by atoms with Gasteiger partial charge in [-0.15, -0.1) is 0 Å². The van der Waals surface area contributed by atoms with Gasteiger partial charge in [-0.2, -0.15) is 0 Å². The zero-order valence-electron chi connectivity index (χ0n) is 20.1. The van der Waals surface area contributed by atoms with Gasteiger partial charge in [0.25, 0.3) is 12.9 Å². The van der Waals surface area contributed by atoms with Gasteiger partial charge in [-0.1, -0.05) is 24.3 Å². The number of piperidine rings is 2. The van der Waals surface area contributed by atoms with Crippen LogP contribution < -0.4 is 0 Å². The number of aryl methyl sites for hydroxylation is 1. The van der Waals surface area contributed by atoms with Crippen molar-refractivity contribution in [1.29, 1.82) is 0 Å². The molecule has 3 aliphatic rings. The first-order chi connectivity index (χ1) is 16.1. The van der Waals surface area contributed by atoms with Crippen LogP contribution in [0.25, 0.3) is 0 Å². The van der Waals surface area contributed by atoms with Crippen LogP contribution in [0.1, 0.15) is 56.1 Å². The molecule has 2 N–H and O–H groups in total. The summed E-state index contributed by atoms with van der Waals surface area (Å²) in [5, 5.41) is 13.8. The molecule has 0 spiro atoms. The molecule has 33 heavy (non-hydrogen) atoms. The van der Waals surface area contributed by atoms with E-state index in [1.165, 1.54) is 88.8 Å². The fourth-order valence-corrected chi connectivity index (χ4v) is 5.46. The van der Waals surface area contributed by atoms with Gasteiger partial charge in [0.05, 0.1) is 6.10 Å². The van der Waals surface area contributed by atoms with Crippen LogP contribution in [0.5, 0.6) is 0 Å². The van der Waals surface area contributed by atoms with Gasteiger partial charge >= 0.3 is 0 Å². The van der Waals surface area contributed by atoms with Crippen molar-refractivity contribution >= 4 is 12.9 Å². The summed E-state index contributed by atoms with van der Waals surface area (Å²) in [5.41, 5.74) is 2.95. The van der Waals surface area contributed by atoms with E-state index in [0.29, 0.717) is 6.10 Å². The van der Waals surface area contributed by atoms with E-state index in [0.717, 1.165) is 25.0 Å². The number of ether oxygens (including phenoxy) is 1. The molecule has 7 nitrogen and oxygen atoms in total. The summed E-state index contributed by atoms with van der Waals surface area (Å²) in [7, 11) is 0. The number of rotatable bonds is 5. The van der Waals surface area contributed by atoms with Crippen molar-refractivity contribution in [3.8, 4) is 0 Å². The lowest BCUT2D eigenvalue weighted by molar-refractivity contribution is -0.123. The molecule has 0 amide bonds. The largest absolute Gasteiger partial charge is 0.483 e. The smallest absolute Gasteiger partial charge is 0.290 e. The van der Waals surface area contributed by atoms with Crippen LogP contribution in [0.15, 0.2) is 24.3 Å². The molecule has 4 rings (SSSR count). The van der Waals surface area contributed by atoms with E-state index in [-0.39, 0.29) is 12.9 Å². The van der Waals surface area contributed by atoms with Crippen molar-refractivity contribution in [2.45, 2.75) is 64.5 Å². The number of nitrogens with zero attached hydrogens (tertiary/aromatic N) is 2. The summed E-state index contributed by atoms with van der Waals surface area (Å²) in [5.74, 6) is 1.93. The number of carbonyl (C=O) groups is 2. The maximum atomic E-state index is 8.36. The van der Waals surface area contributed by atoms with E-state index in [4.69, 9.17) is 24.5 Å². The van der Waals surface area contributed by atoms with Crippen LogP contribution in [-0.4, -0.2) is 78.4 Å². The van der Waals surface area contributed by atoms with Crippen LogP contribution in [0.3, 0.4) is 0 Å². The number of benzene rings is 1. The van der Waals surface area contributed by atoms with E-state index in [2.05, 4.69) is 41.0 Å². The van der Waals surface area contributed by atoms with Crippen LogP contribution >= 0.6 is 0 Å². The molecular formula is C26H42N2O5. The normalized spacial score (nSPS) is 22.9. The summed E-state index contributed by atoms with van der Waals surface area (Å²) in [4.78, 5) is 22.1. The minimum atomic E-state index is -0.250. The lowest BCUT2D eigenvalue weighted by Gasteiger charge is -2.41. The Morgan fingerprint density at radius 3 is 1.94 bits per heavy atom. The maximum Gasteiger partial charge on any atom is 0.290 e. The van der Waals surface area contributed by atoms with Crippen molar-refractivity contribution in [3.05, 3.63) is 35.4 Å². The Labute approximate surface area is 198 Å². The van der Waals surface area contributed by atoms with Gasteiger partial charge in [0.2, 0.25) is 0 Å². The van der Waals surface area contributed by atoms with Gasteiger partial charge in [0.1, 0.15) is 0 Å². The Hall–Kier alpha value is -1.96. The van der Waals surface area contributed by atoms with Crippen LogP contribution in [0, 0.1) is 18.8 Å². The molecule has 0 radical (unpaired) electrons. The van der Waals surface area contributed by atoms with Gasteiger partial charge in [-0.25, -0.2) is 0 Å². The average molecular weight is 463 g/mol. The van der Waals surface area contributed by atoms with Crippen LogP contribution in [0.2, 0.25) is 0 Å². The molecule has 3 heterocycles. The monoisotopic (exact) mass is 462 g/mol. The average Bonchev–Trinajstić information content (AvgIpc) is 2.83. The molecule has 3 fully saturated rings. The van der Waals surface area contributed by atoms with Crippen LogP contribution in [0.4, 0.5) is 0 Å². The summed E-state index contributed by atoms with van der Waals surface area (Å²) in [6.07, 6.45) is 10.1. The molecule has 0 bridgehead atoms. The molecule has 1 unspecified atom stereocenters. The summed E-state index contributed by atoms with van der Waals surface area (Å²) in [6.45, 7) is 10.2. The minimum Gasteiger partial charge on any atom is -0.483 e. The minimum absolute atomic E-state index is 0.250. The second kappa shape index (κ2) is 15.8. The van der Waals surface area contributed by atoms with Gasteiger partial charge in [0.15, 0.2) is 0 Å². The Kier molecular flexibility index (Phi) is 13.1. The molecule has 1 aromatic carbocycles. The Balaban J connectivity index is 0.000000582. The van der Waals surface area contributed by atoms with E-state index < -0.39 is 0 Å². The fraction of sp³-hybridized carbons (Fsp3) is 0.692. The van der Waals surface area contributed by atoms with E-state index in [1.54, 1.807) is 0 Å². The maximum absolute atomic E-state index is 8.36. The molecule has 1 aromatic rings. The molecule has 3 saturated heterocycles. The summed E-state index contributed by atoms with van der Waals surface area (Å²) in [6, 6.07) is 8.88. The van der Waals surface area contributed by atoms with Gasteiger partial charge in [0, 0.05) is 19.7 Å². The second-order valence-corrected chi connectivity index (χ2v) is 9.38. The first kappa shape index (κ1) is 27.3. The lowest BCUT2D eigenvalue weighted by atomic mass is 9.78. The highest BCUT2D eigenvalue weighted by molar-refractivity contribution is 5.33. The second-order valence-electron chi connectivity index (χ2n) is 9.38. The molecule has 1 atom stereocenters. The van der Waals surface area contributed by atoms with E-state index >= 15 is 0 Å². The van der Waals surface area contributed by atoms with E-state index in [1.807, 2.05) is 0 Å². The third-order valence-electron chi connectivity index (χ3n) is 7.32. The Morgan fingerprint density at radius 1 is 0.879 bits per heavy atom. The Bertz CT molecular complexity index is 658. The Morgan fingerprint density at radius 2 is 1.42 bits per heavy atom. The number of hydrogen-bond acceptors (Lipinski definition) is 5. The third-order valence-corrected chi connectivity index (χ3v) is 7.32. The molecule has 3 aliphatic heterocycles. The highest BCUT2D eigenvalue weighted by Crippen LogP contribution is 2.33. The first-order valence-electron chi connectivity index (χ1n) is 12.4. The molecular weight excluding hydrogens is 420 g/mol. The SMILES string of the molecule is Cc1ccccc1CN1CCC(C2CCN(CC3CCCCO3)CC2)CC1.O=CO.O=CO. The van der Waals surface area contributed by atoms with Crippen LogP contribution in [-0.2, 0) is 20.9 Å². The van der Waals surface area contributed by atoms with Gasteiger partial charge in [-0.3, -0.25) is 14.5 Å². The number of carboxylic acid groups (broad SMARTS) is 2. The molecule has 0 aromatic heterocycles. The van der Waals surface area contributed by atoms with Crippen molar-refractivity contribution < 1.29 is 24.5 Å². The molecule has 7 heteroatoms. The fourth-order valence-electron chi connectivity index (χ4n) is 5.46. The number of likely N-dealkylation sites (tertiary alicyclic amines) is 2. The van der Waals surface area contributed by atoms with Gasteiger partial charge in [-0.05, 0) is 101 Å². The topological polar surface area (TPSA) is 90.3 Å². The molecule has 186 valence electrons.